The molecule has 2 unspecified atom stereocenters. The summed E-state index contributed by atoms with van der Waals surface area (Å²) >= 11 is 0. The van der Waals surface area contributed by atoms with Gasteiger partial charge in [-0.25, -0.2) is 0 Å². The highest BCUT2D eigenvalue weighted by molar-refractivity contribution is 7.85. The summed E-state index contributed by atoms with van der Waals surface area (Å²) in [6, 6.07) is 0. The van der Waals surface area contributed by atoms with Crippen LogP contribution in [0.5, 0.6) is 0 Å². The first-order valence-corrected chi connectivity index (χ1v) is 6.73. The Morgan fingerprint density at radius 2 is 2.08 bits per heavy atom. The molecule has 0 radical (unpaired) electrons. The molecule has 2 nitrogen and oxygen atoms in total. The fourth-order valence-electron chi connectivity index (χ4n) is 2.01. The first kappa shape index (κ1) is 11.2. The SMILES string of the molecule is CCC(CN)S(=O)CC1CCCC1. The number of hydrogen-bond acceptors (Lipinski definition) is 2. The van der Waals surface area contributed by atoms with E-state index in [1.807, 2.05) is 0 Å². The Kier molecular flexibility index (Phi) is 4.96. The lowest BCUT2D eigenvalue weighted by Crippen LogP contribution is -2.28. The van der Waals surface area contributed by atoms with Gasteiger partial charge < -0.3 is 5.73 Å². The number of nitrogens with two attached hydrogens (primary N) is 1. The average molecular weight is 203 g/mol. The number of hydrogen-bond donors (Lipinski definition) is 1. The molecule has 1 saturated carbocycles. The quantitative estimate of drug-likeness (QED) is 0.738. The van der Waals surface area contributed by atoms with Gasteiger partial charge in [0.2, 0.25) is 0 Å². The van der Waals surface area contributed by atoms with Crippen LogP contribution in [0.25, 0.3) is 0 Å². The van der Waals surface area contributed by atoms with Gasteiger partial charge in [-0.05, 0) is 25.2 Å². The lowest BCUT2D eigenvalue weighted by Gasteiger charge is -2.15. The molecule has 0 heterocycles. The highest BCUT2D eigenvalue weighted by atomic mass is 32.2. The van der Waals surface area contributed by atoms with E-state index in [2.05, 4.69) is 6.92 Å². The van der Waals surface area contributed by atoms with Gasteiger partial charge in [0.1, 0.15) is 0 Å². The van der Waals surface area contributed by atoms with Gasteiger partial charge in [0.05, 0.1) is 0 Å². The minimum absolute atomic E-state index is 0.237. The molecule has 0 bridgehead atoms. The van der Waals surface area contributed by atoms with Gasteiger partial charge in [-0.1, -0.05) is 19.8 Å². The van der Waals surface area contributed by atoms with E-state index >= 15 is 0 Å². The second kappa shape index (κ2) is 5.76. The van der Waals surface area contributed by atoms with Gasteiger partial charge in [0, 0.05) is 28.3 Å². The lowest BCUT2D eigenvalue weighted by atomic mass is 10.1. The topological polar surface area (TPSA) is 43.1 Å². The predicted molar refractivity (Wildman–Crippen MR) is 58.1 cm³/mol. The monoisotopic (exact) mass is 203 g/mol. The molecule has 0 aliphatic heterocycles. The van der Waals surface area contributed by atoms with E-state index in [9.17, 15) is 4.21 Å². The molecule has 0 aromatic heterocycles. The van der Waals surface area contributed by atoms with Crippen LogP contribution in [0, 0.1) is 5.92 Å². The van der Waals surface area contributed by atoms with Crippen molar-refractivity contribution in [3.63, 3.8) is 0 Å². The van der Waals surface area contributed by atoms with Crippen molar-refractivity contribution >= 4 is 10.8 Å². The van der Waals surface area contributed by atoms with Crippen LogP contribution in [0.15, 0.2) is 0 Å². The predicted octanol–water partition coefficient (Wildman–Crippen LogP) is 1.66. The fraction of sp³-hybridized carbons (Fsp3) is 1.00. The molecule has 1 fully saturated rings. The van der Waals surface area contributed by atoms with Gasteiger partial charge in [-0.15, -0.1) is 0 Å². The van der Waals surface area contributed by atoms with E-state index in [0.29, 0.717) is 6.54 Å². The molecule has 13 heavy (non-hydrogen) atoms. The summed E-state index contributed by atoms with van der Waals surface area (Å²) < 4.78 is 11.8. The van der Waals surface area contributed by atoms with E-state index in [4.69, 9.17) is 5.73 Å². The Bertz CT molecular complexity index is 162. The van der Waals surface area contributed by atoms with Crippen molar-refractivity contribution in [3.8, 4) is 0 Å². The van der Waals surface area contributed by atoms with Gasteiger partial charge >= 0.3 is 0 Å². The average Bonchev–Trinajstić information content (AvgIpc) is 2.59. The Labute approximate surface area is 83.7 Å². The fourth-order valence-corrected chi connectivity index (χ4v) is 3.66. The van der Waals surface area contributed by atoms with Crippen LogP contribution in [0.4, 0.5) is 0 Å². The van der Waals surface area contributed by atoms with Crippen molar-refractivity contribution in [3.05, 3.63) is 0 Å². The molecule has 2 atom stereocenters. The van der Waals surface area contributed by atoms with Crippen molar-refractivity contribution in [2.75, 3.05) is 12.3 Å². The van der Waals surface area contributed by atoms with E-state index in [1.54, 1.807) is 0 Å². The maximum absolute atomic E-state index is 11.8. The minimum Gasteiger partial charge on any atom is -0.329 e. The second-order valence-electron chi connectivity index (χ2n) is 3.96. The van der Waals surface area contributed by atoms with Crippen LogP contribution in [-0.4, -0.2) is 21.8 Å². The summed E-state index contributed by atoms with van der Waals surface area (Å²) in [5.41, 5.74) is 5.57. The van der Waals surface area contributed by atoms with E-state index < -0.39 is 10.8 Å². The smallest absolute Gasteiger partial charge is 0.0467 e. The third-order valence-electron chi connectivity index (χ3n) is 2.96. The molecule has 0 aromatic carbocycles. The molecule has 0 aromatic rings. The van der Waals surface area contributed by atoms with Crippen LogP contribution in [0.1, 0.15) is 39.0 Å². The minimum atomic E-state index is -0.673. The molecule has 0 spiro atoms. The molecule has 0 saturated heterocycles. The van der Waals surface area contributed by atoms with E-state index in [1.165, 1.54) is 25.7 Å². The summed E-state index contributed by atoms with van der Waals surface area (Å²) in [7, 11) is -0.673. The summed E-state index contributed by atoms with van der Waals surface area (Å²) in [4.78, 5) is 0. The molecular formula is C10H21NOS. The van der Waals surface area contributed by atoms with Crippen LogP contribution < -0.4 is 5.73 Å². The van der Waals surface area contributed by atoms with Gasteiger partial charge in [-0.3, -0.25) is 4.21 Å². The van der Waals surface area contributed by atoms with Crippen LogP contribution in [-0.2, 0) is 10.8 Å². The normalized spacial score (nSPS) is 23.2. The maximum atomic E-state index is 11.8. The highest BCUT2D eigenvalue weighted by Crippen LogP contribution is 2.26. The van der Waals surface area contributed by atoms with E-state index in [0.717, 1.165) is 18.1 Å². The molecule has 1 aliphatic carbocycles. The molecule has 78 valence electrons. The highest BCUT2D eigenvalue weighted by Gasteiger charge is 2.21. The zero-order valence-corrected chi connectivity index (χ0v) is 9.31. The van der Waals surface area contributed by atoms with Crippen molar-refractivity contribution in [1.29, 1.82) is 0 Å². The summed E-state index contributed by atoms with van der Waals surface area (Å²) in [6.07, 6.45) is 6.19. The lowest BCUT2D eigenvalue weighted by molar-refractivity contribution is 0.596. The molecular weight excluding hydrogens is 182 g/mol. The zero-order valence-electron chi connectivity index (χ0n) is 8.50. The van der Waals surface area contributed by atoms with Crippen LogP contribution in [0.2, 0.25) is 0 Å². The largest absolute Gasteiger partial charge is 0.329 e. The van der Waals surface area contributed by atoms with Gasteiger partial charge in [0.15, 0.2) is 0 Å². The van der Waals surface area contributed by atoms with E-state index in [-0.39, 0.29) is 5.25 Å². The standard InChI is InChI=1S/C10H21NOS/c1-2-10(7-11)13(12)8-9-5-3-4-6-9/h9-10H,2-8,11H2,1H3. The van der Waals surface area contributed by atoms with Crippen molar-refractivity contribution < 1.29 is 4.21 Å². The second-order valence-corrected chi connectivity index (χ2v) is 5.73. The summed E-state index contributed by atoms with van der Waals surface area (Å²) in [5.74, 6) is 1.62. The van der Waals surface area contributed by atoms with Crippen molar-refractivity contribution in [2.24, 2.45) is 11.7 Å². The third kappa shape index (κ3) is 3.39. The first-order chi connectivity index (χ1) is 6.27. The molecule has 1 rings (SSSR count). The third-order valence-corrected chi connectivity index (χ3v) is 5.03. The Morgan fingerprint density at radius 1 is 1.46 bits per heavy atom. The van der Waals surface area contributed by atoms with Gasteiger partial charge in [0.25, 0.3) is 0 Å². The van der Waals surface area contributed by atoms with Crippen molar-refractivity contribution in [1.82, 2.24) is 0 Å². The van der Waals surface area contributed by atoms with Crippen molar-refractivity contribution in [2.45, 2.75) is 44.3 Å². The molecule has 0 amide bonds. The Morgan fingerprint density at radius 3 is 2.54 bits per heavy atom. The van der Waals surface area contributed by atoms with Crippen LogP contribution in [0.3, 0.4) is 0 Å². The molecule has 3 heteroatoms. The summed E-state index contributed by atoms with van der Waals surface area (Å²) in [5, 5.41) is 0.237. The van der Waals surface area contributed by atoms with Crippen LogP contribution >= 0.6 is 0 Å². The molecule has 2 N–H and O–H groups in total. The maximum Gasteiger partial charge on any atom is 0.0467 e. The van der Waals surface area contributed by atoms with Gasteiger partial charge in [-0.2, -0.15) is 0 Å². The number of rotatable bonds is 5. The summed E-state index contributed by atoms with van der Waals surface area (Å²) in [6.45, 7) is 2.65. The Hall–Kier alpha value is 0.110. The molecule has 1 aliphatic rings. The zero-order chi connectivity index (χ0) is 9.68. The first-order valence-electron chi connectivity index (χ1n) is 5.35. The Balaban J connectivity index is 2.29.